The Hall–Kier alpha value is -7.05. The van der Waals surface area contributed by atoms with E-state index in [4.69, 9.17) is 23.8 Å². The number of nitrogens with zero attached hydrogens (tertiary/aromatic N) is 3. The van der Waals surface area contributed by atoms with Crippen molar-refractivity contribution in [3.8, 4) is 11.1 Å². The molecule has 3 aromatic heterocycles. The van der Waals surface area contributed by atoms with E-state index in [1.165, 1.54) is 0 Å². The van der Waals surface area contributed by atoms with E-state index >= 15 is 0 Å². The van der Waals surface area contributed by atoms with Crippen molar-refractivity contribution in [1.82, 2.24) is 10.3 Å². The number of aromatic nitrogens is 1. The number of hydrogen-bond donors (Lipinski definition) is 1. The minimum Gasteiger partial charge on any atom is -0.456 e. The molecule has 11 rings (SSSR count). The predicted octanol–water partition coefficient (Wildman–Crippen LogP) is 11.3. The highest BCUT2D eigenvalue weighted by molar-refractivity contribution is 6.22. The molecule has 1 atom stereocenters. The van der Waals surface area contributed by atoms with Gasteiger partial charge in [-0.3, -0.25) is 0 Å². The topological polar surface area (TPSA) is 75.9 Å². The molecule has 6 nitrogen and oxygen atoms in total. The molecular formula is C46H28N4O2. The highest BCUT2D eigenvalue weighted by Crippen LogP contribution is 2.40. The number of pyridine rings is 1. The van der Waals surface area contributed by atoms with Gasteiger partial charge in [0.2, 0.25) is 5.71 Å². The van der Waals surface area contributed by atoms with Gasteiger partial charge in [-0.05, 0) is 63.9 Å². The molecule has 6 heteroatoms. The number of aliphatic imine (C=N–C) groups is 2. The SMILES string of the molecule is c1ccc(C2N=C(c3ccc4c(-c5cccc6oc7nc8ccccc8cc7c56)cccc4c3)N=C(c3cccc4oc5ccccc5c34)N2)cc1. The molecule has 7 aromatic carbocycles. The molecule has 1 aliphatic heterocycles. The van der Waals surface area contributed by atoms with Crippen molar-refractivity contribution in [2.75, 3.05) is 0 Å². The monoisotopic (exact) mass is 668 g/mol. The van der Waals surface area contributed by atoms with Crippen LogP contribution in [0, 0.1) is 0 Å². The molecule has 0 saturated heterocycles. The van der Waals surface area contributed by atoms with Gasteiger partial charge in [-0.1, -0.05) is 121 Å². The fourth-order valence-electron chi connectivity index (χ4n) is 7.73. The Balaban J connectivity index is 1.07. The lowest BCUT2D eigenvalue weighted by molar-refractivity contribution is 0.656. The summed E-state index contributed by atoms with van der Waals surface area (Å²) >= 11 is 0. The predicted molar refractivity (Wildman–Crippen MR) is 211 cm³/mol. The van der Waals surface area contributed by atoms with Gasteiger partial charge in [0.25, 0.3) is 0 Å². The van der Waals surface area contributed by atoms with Crippen molar-refractivity contribution in [2.45, 2.75) is 6.17 Å². The van der Waals surface area contributed by atoms with Crippen molar-refractivity contribution in [1.29, 1.82) is 0 Å². The smallest absolute Gasteiger partial charge is 0.227 e. The molecule has 0 fully saturated rings. The Morgan fingerprint density at radius 3 is 2.13 bits per heavy atom. The van der Waals surface area contributed by atoms with Gasteiger partial charge in [0.1, 0.15) is 28.8 Å². The van der Waals surface area contributed by atoms with Crippen molar-refractivity contribution >= 4 is 77.4 Å². The lowest BCUT2D eigenvalue weighted by Crippen LogP contribution is -2.33. The van der Waals surface area contributed by atoms with E-state index in [1.807, 2.05) is 72.8 Å². The second kappa shape index (κ2) is 11.2. The first-order valence-corrected chi connectivity index (χ1v) is 17.4. The minimum atomic E-state index is -0.323. The third-order valence-electron chi connectivity index (χ3n) is 10.1. The number of nitrogens with one attached hydrogen (secondary N) is 1. The summed E-state index contributed by atoms with van der Waals surface area (Å²) in [6.07, 6.45) is -0.323. The maximum absolute atomic E-state index is 6.32. The molecule has 1 unspecified atom stereocenters. The summed E-state index contributed by atoms with van der Waals surface area (Å²) in [6, 6.07) is 54.2. The van der Waals surface area contributed by atoms with Gasteiger partial charge in [-0.2, -0.15) is 0 Å². The largest absolute Gasteiger partial charge is 0.456 e. The van der Waals surface area contributed by atoms with Crippen LogP contribution in [0.15, 0.2) is 177 Å². The second-order valence-corrected chi connectivity index (χ2v) is 13.2. The number of para-hydroxylation sites is 2. The van der Waals surface area contributed by atoms with Gasteiger partial charge in [-0.25, -0.2) is 15.0 Å². The summed E-state index contributed by atoms with van der Waals surface area (Å²) < 4.78 is 12.6. The van der Waals surface area contributed by atoms with Crippen LogP contribution in [0.25, 0.3) is 76.8 Å². The third kappa shape index (κ3) is 4.48. The molecule has 0 aliphatic carbocycles. The first-order chi connectivity index (χ1) is 25.7. The Labute approximate surface area is 297 Å². The van der Waals surface area contributed by atoms with Crippen LogP contribution in [0.5, 0.6) is 0 Å². The molecule has 244 valence electrons. The number of hydrogen-bond acceptors (Lipinski definition) is 6. The number of benzene rings is 7. The summed E-state index contributed by atoms with van der Waals surface area (Å²) in [5.41, 5.74) is 9.27. The molecule has 0 spiro atoms. The van der Waals surface area contributed by atoms with E-state index in [2.05, 4.69) is 90.2 Å². The molecule has 52 heavy (non-hydrogen) atoms. The Bertz CT molecular complexity index is 3120. The van der Waals surface area contributed by atoms with Crippen LogP contribution in [0.2, 0.25) is 0 Å². The van der Waals surface area contributed by atoms with Gasteiger partial charge >= 0.3 is 0 Å². The Kier molecular flexibility index (Phi) is 6.21. The fraction of sp³-hybridized carbons (Fsp3) is 0.0217. The highest BCUT2D eigenvalue weighted by atomic mass is 16.3. The number of fused-ring (bicyclic) bond motifs is 8. The number of rotatable bonds is 4. The van der Waals surface area contributed by atoms with E-state index in [0.29, 0.717) is 11.5 Å². The van der Waals surface area contributed by atoms with Crippen LogP contribution >= 0.6 is 0 Å². The van der Waals surface area contributed by atoms with Gasteiger partial charge in [-0.15, -0.1) is 0 Å². The molecule has 4 heterocycles. The van der Waals surface area contributed by atoms with E-state index in [1.54, 1.807) is 0 Å². The lowest BCUT2D eigenvalue weighted by atomic mass is 9.93. The maximum Gasteiger partial charge on any atom is 0.227 e. The van der Waals surface area contributed by atoms with Crippen molar-refractivity contribution in [3.05, 3.63) is 174 Å². The number of amidine groups is 2. The molecule has 1 N–H and O–H groups in total. The zero-order valence-electron chi connectivity index (χ0n) is 27.7. The summed E-state index contributed by atoms with van der Waals surface area (Å²) in [4.78, 5) is 15.3. The molecule has 0 saturated carbocycles. The maximum atomic E-state index is 6.32. The standard InChI is InChI=1S/C46H28N4O2/c1-2-11-27(12-3-1)43-48-44(50-45(49-43)35-18-10-21-39-42(35)34-15-5-7-20-38(34)51-39)30-23-24-31-28(25-30)14-8-16-32(31)33-17-9-22-40-41(33)36-26-29-13-4-6-19-37(29)47-46(36)52-40/h1-26,43H,(H,48,49,50). The van der Waals surface area contributed by atoms with Crippen molar-refractivity contribution < 1.29 is 8.83 Å². The van der Waals surface area contributed by atoms with E-state index < -0.39 is 0 Å². The first kappa shape index (κ1) is 28.8. The quantitative estimate of drug-likeness (QED) is 0.202. The fourth-order valence-corrected chi connectivity index (χ4v) is 7.73. The summed E-state index contributed by atoms with van der Waals surface area (Å²) in [7, 11) is 0. The van der Waals surface area contributed by atoms with Crippen LogP contribution in [-0.4, -0.2) is 16.7 Å². The average Bonchev–Trinajstić information content (AvgIpc) is 3.77. The van der Waals surface area contributed by atoms with Gasteiger partial charge in [0.05, 0.1) is 5.52 Å². The Morgan fingerprint density at radius 1 is 0.500 bits per heavy atom. The van der Waals surface area contributed by atoms with Crippen LogP contribution in [-0.2, 0) is 0 Å². The van der Waals surface area contributed by atoms with Crippen LogP contribution in [0.4, 0.5) is 0 Å². The number of furan rings is 2. The molecule has 1 aliphatic rings. The highest BCUT2D eigenvalue weighted by Gasteiger charge is 2.24. The molecule has 0 amide bonds. The van der Waals surface area contributed by atoms with Gasteiger partial charge in [0.15, 0.2) is 5.84 Å². The zero-order chi connectivity index (χ0) is 34.2. The minimum absolute atomic E-state index is 0.323. The normalized spacial score (nSPS) is 14.7. The van der Waals surface area contributed by atoms with Crippen LogP contribution in [0.1, 0.15) is 22.9 Å². The summed E-state index contributed by atoms with van der Waals surface area (Å²) in [5.74, 6) is 1.42. The summed E-state index contributed by atoms with van der Waals surface area (Å²) in [5, 5.41) is 11.1. The van der Waals surface area contributed by atoms with E-state index in [-0.39, 0.29) is 6.17 Å². The van der Waals surface area contributed by atoms with Gasteiger partial charge < -0.3 is 14.2 Å². The second-order valence-electron chi connectivity index (χ2n) is 13.2. The third-order valence-corrected chi connectivity index (χ3v) is 10.1. The molecular weight excluding hydrogens is 641 g/mol. The van der Waals surface area contributed by atoms with Crippen molar-refractivity contribution in [3.63, 3.8) is 0 Å². The average molecular weight is 669 g/mol. The van der Waals surface area contributed by atoms with Crippen LogP contribution < -0.4 is 5.32 Å². The van der Waals surface area contributed by atoms with E-state index in [9.17, 15) is 0 Å². The Morgan fingerprint density at radius 2 is 1.21 bits per heavy atom. The van der Waals surface area contributed by atoms with Crippen molar-refractivity contribution in [2.24, 2.45) is 9.98 Å². The van der Waals surface area contributed by atoms with Crippen LogP contribution in [0.3, 0.4) is 0 Å². The molecule has 0 bridgehead atoms. The first-order valence-electron chi connectivity index (χ1n) is 17.4. The molecule has 0 radical (unpaired) electrons. The zero-order valence-corrected chi connectivity index (χ0v) is 27.7. The molecule has 10 aromatic rings. The lowest BCUT2D eigenvalue weighted by Gasteiger charge is -2.24. The van der Waals surface area contributed by atoms with E-state index in [0.717, 1.165) is 93.6 Å². The van der Waals surface area contributed by atoms with Gasteiger partial charge in [0, 0.05) is 38.1 Å². The summed E-state index contributed by atoms with van der Waals surface area (Å²) in [6.45, 7) is 0.